The summed E-state index contributed by atoms with van der Waals surface area (Å²) in [4.78, 5) is 14.9. The number of nitrogens with zero attached hydrogens (tertiary/aromatic N) is 1. The highest BCUT2D eigenvalue weighted by molar-refractivity contribution is 7.99. The van der Waals surface area contributed by atoms with Crippen molar-refractivity contribution >= 4 is 30.1 Å². The molecule has 8 nitrogen and oxygen atoms in total. The van der Waals surface area contributed by atoms with Crippen LogP contribution in [0.2, 0.25) is 0 Å². The Morgan fingerprint density at radius 3 is 2.46 bits per heavy atom. The van der Waals surface area contributed by atoms with Crippen LogP contribution in [0.1, 0.15) is 33.1 Å². The van der Waals surface area contributed by atoms with E-state index in [1.165, 1.54) is 18.7 Å². The second-order valence-corrected chi connectivity index (χ2v) is 8.73. The Balaban J connectivity index is 0.00000392. The molecule has 1 amide bonds. The van der Waals surface area contributed by atoms with Gasteiger partial charge in [0.25, 0.3) is 0 Å². The summed E-state index contributed by atoms with van der Waals surface area (Å²) in [5.41, 5.74) is -0.755. The van der Waals surface area contributed by atoms with Gasteiger partial charge in [0.05, 0.1) is 18.2 Å². The van der Waals surface area contributed by atoms with E-state index >= 15 is 0 Å². The van der Waals surface area contributed by atoms with Gasteiger partial charge in [0, 0.05) is 6.54 Å². The fourth-order valence-corrected chi connectivity index (χ4v) is 4.81. The molecule has 0 saturated carbocycles. The lowest BCUT2D eigenvalue weighted by atomic mass is 9.92. The Labute approximate surface area is 177 Å². The number of aliphatic hydroxyl groups is 4. The molecule has 5 N–H and O–H groups in total. The number of aliphatic hydroxyl groups excluding tert-OH is 4. The molecular weight excluding hydrogens is 408 g/mol. The first-order valence-corrected chi connectivity index (χ1v) is 10.9. The van der Waals surface area contributed by atoms with Gasteiger partial charge in [-0.05, 0) is 39.0 Å². The van der Waals surface area contributed by atoms with Crippen LogP contribution >= 0.6 is 24.2 Å². The van der Waals surface area contributed by atoms with E-state index in [1.54, 1.807) is 6.26 Å². The van der Waals surface area contributed by atoms with Crippen LogP contribution in [-0.4, -0.2) is 99.1 Å². The Morgan fingerprint density at radius 1 is 1.29 bits per heavy atom. The number of ether oxygens (including phenoxy) is 1. The first-order chi connectivity index (χ1) is 12.7. The number of halogens is 1. The zero-order valence-electron chi connectivity index (χ0n) is 16.9. The molecule has 2 aliphatic rings. The van der Waals surface area contributed by atoms with Gasteiger partial charge in [0.1, 0.15) is 29.9 Å². The van der Waals surface area contributed by atoms with E-state index in [2.05, 4.69) is 12.2 Å². The van der Waals surface area contributed by atoms with Crippen LogP contribution in [0.25, 0.3) is 0 Å². The zero-order chi connectivity index (χ0) is 20.3. The quantitative estimate of drug-likeness (QED) is 0.360. The maximum Gasteiger partial charge on any atom is 0.237 e. The van der Waals surface area contributed by atoms with Crippen LogP contribution < -0.4 is 5.32 Å². The van der Waals surface area contributed by atoms with Crippen LogP contribution in [-0.2, 0) is 9.53 Å². The summed E-state index contributed by atoms with van der Waals surface area (Å²) in [6.45, 7) is 4.48. The van der Waals surface area contributed by atoms with Gasteiger partial charge in [0.15, 0.2) is 0 Å². The van der Waals surface area contributed by atoms with Crippen LogP contribution in [0.15, 0.2) is 0 Å². The minimum Gasteiger partial charge on any atom is -0.391 e. The summed E-state index contributed by atoms with van der Waals surface area (Å²) in [7, 11) is 1.91. The molecule has 0 aromatic carbocycles. The van der Waals surface area contributed by atoms with E-state index in [0.29, 0.717) is 5.92 Å². The van der Waals surface area contributed by atoms with Gasteiger partial charge in [-0.1, -0.05) is 13.3 Å². The van der Waals surface area contributed by atoms with Gasteiger partial charge in [0.2, 0.25) is 5.91 Å². The number of hydrogen-bond donors (Lipinski definition) is 5. The molecule has 2 fully saturated rings. The van der Waals surface area contributed by atoms with E-state index in [0.717, 1.165) is 25.8 Å². The van der Waals surface area contributed by atoms with Crippen LogP contribution in [0.4, 0.5) is 0 Å². The molecular formula is C18H35ClN2O6S. The second-order valence-electron chi connectivity index (χ2n) is 7.80. The van der Waals surface area contributed by atoms with Crippen molar-refractivity contribution in [3.05, 3.63) is 0 Å². The van der Waals surface area contributed by atoms with E-state index in [4.69, 9.17) is 4.74 Å². The van der Waals surface area contributed by atoms with Gasteiger partial charge in [-0.2, -0.15) is 0 Å². The Kier molecular flexibility index (Phi) is 10.5. The van der Waals surface area contributed by atoms with Crippen molar-refractivity contribution in [3.63, 3.8) is 0 Å². The van der Waals surface area contributed by atoms with Crippen LogP contribution in [0.3, 0.4) is 0 Å². The smallest absolute Gasteiger partial charge is 0.237 e. The Hall–Kier alpha value is -0.130. The number of likely N-dealkylation sites (tertiary alicyclic amines) is 1. The van der Waals surface area contributed by atoms with Crippen LogP contribution in [0, 0.1) is 5.92 Å². The molecule has 2 saturated heterocycles. The fraction of sp³-hybridized carbons (Fsp3) is 0.944. The summed E-state index contributed by atoms with van der Waals surface area (Å²) in [6.07, 6.45) is -1.50. The standard InChI is InChI=1S/C18H34N2O6S.ClH/c1-5-6-10-7-11(20(3)8-10)17(25)19-12(9(2)21)16-14(23)13(22)15(24)18(26-16)27-4;/h9-16,18,21-24H,5-8H2,1-4H3,(H,19,25);1H/t9-,10-,11?,12-,13?,14-,15?,16-,18-;/m1./s1. The normalized spacial score (nSPS) is 38.5. The van der Waals surface area contributed by atoms with Crippen molar-refractivity contribution in [1.82, 2.24) is 10.2 Å². The number of rotatable bonds is 7. The fourth-order valence-electron chi connectivity index (χ4n) is 4.13. The van der Waals surface area contributed by atoms with Crippen molar-refractivity contribution in [3.8, 4) is 0 Å². The third-order valence-corrected chi connectivity index (χ3v) is 6.51. The van der Waals surface area contributed by atoms with Gasteiger partial charge >= 0.3 is 0 Å². The third kappa shape index (κ3) is 5.72. The minimum absolute atomic E-state index is 0. The Morgan fingerprint density at radius 2 is 1.93 bits per heavy atom. The molecule has 28 heavy (non-hydrogen) atoms. The van der Waals surface area contributed by atoms with Crippen molar-refractivity contribution in [1.29, 1.82) is 0 Å². The molecule has 0 spiro atoms. The third-order valence-electron chi connectivity index (χ3n) is 5.66. The molecule has 0 aromatic heterocycles. The molecule has 3 unspecified atom stereocenters. The van der Waals surface area contributed by atoms with Crippen molar-refractivity contribution in [2.24, 2.45) is 5.92 Å². The SMILES string of the molecule is CCC[C@@H]1CC(C(=O)N[C@@H]([C@H]2O[C@H](SC)C(O)C(O)[C@H]2O)[C@@H](C)O)N(C)C1.Cl. The number of carbonyl (C=O) groups excluding carboxylic acids is 1. The molecule has 0 bridgehead atoms. The summed E-state index contributed by atoms with van der Waals surface area (Å²) in [6, 6.07) is -1.20. The lowest BCUT2D eigenvalue weighted by Crippen LogP contribution is -2.65. The van der Waals surface area contributed by atoms with E-state index in [-0.39, 0.29) is 24.4 Å². The zero-order valence-corrected chi connectivity index (χ0v) is 18.5. The summed E-state index contributed by atoms with van der Waals surface area (Å²) in [5, 5.41) is 43.5. The molecule has 0 aliphatic carbocycles. The highest BCUT2D eigenvalue weighted by Gasteiger charge is 2.48. The van der Waals surface area contributed by atoms with E-state index in [1.807, 2.05) is 11.9 Å². The number of likely N-dealkylation sites (N-methyl/N-ethyl adjacent to an activating group) is 1. The molecule has 0 radical (unpaired) electrons. The highest BCUT2D eigenvalue weighted by atomic mass is 35.5. The van der Waals surface area contributed by atoms with Crippen molar-refractivity contribution in [2.45, 2.75) is 81.1 Å². The maximum atomic E-state index is 12.8. The topological polar surface area (TPSA) is 122 Å². The number of hydrogen-bond acceptors (Lipinski definition) is 8. The highest BCUT2D eigenvalue weighted by Crippen LogP contribution is 2.30. The van der Waals surface area contributed by atoms with Gasteiger partial charge < -0.3 is 30.5 Å². The number of thioether (sulfide) groups is 1. The van der Waals surface area contributed by atoms with Gasteiger partial charge in [-0.3, -0.25) is 9.69 Å². The molecule has 166 valence electrons. The average Bonchev–Trinajstić information content (AvgIpc) is 2.99. The summed E-state index contributed by atoms with van der Waals surface area (Å²) < 4.78 is 5.72. The minimum atomic E-state index is -1.42. The Bertz CT molecular complexity index is 501. The molecule has 9 atom stereocenters. The lowest BCUT2D eigenvalue weighted by Gasteiger charge is -2.44. The number of amides is 1. The second kappa shape index (κ2) is 11.3. The van der Waals surface area contributed by atoms with Gasteiger partial charge in [-0.25, -0.2) is 0 Å². The summed E-state index contributed by atoms with van der Waals surface area (Å²) >= 11 is 1.20. The van der Waals surface area contributed by atoms with Crippen molar-refractivity contribution in [2.75, 3.05) is 19.8 Å². The van der Waals surface area contributed by atoms with Crippen molar-refractivity contribution < 1.29 is 30.0 Å². The molecule has 2 heterocycles. The summed E-state index contributed by atoms with van der Waals surface area (Å²) in [5.74, 6) is 0.245. The first kappa shape index (κ1) is 25.9. The van der Waals surface area contributed by atoms with Gasteiger partial charge in [-0.15, -0.1) is 24.2 Å². The lowest BCUT2D eigenvalue weighted by molar-refractivity contribution is -0.211. The monoisotopic (exact) mass is 442 g/mol. The predicted molar refractivity (Wildman–Crippen MR) is 110 cm³/mol. The first-order valence-electron chi connectivity index (χ1n) is 9.62. The van der Waals surface area contributed by atoms with E-state index < -0.39 is 42.0 Å². The molecule has 2 rings (SSSR count). The van der Waals surface area contributed by atoms with E-state index in [9.17, 15) is 25.2 Å². The predicted octanol–water partition coefficient (Wildman–Crippen LogP) is -0.435. The average molecular weight is 443 g/mol. The number of carbonyl (C=O) groups is 1. The maximum absolute atomic E-state index is 12.8. The van der Waals surface area contributed by atoms with Crippen LogP contribution in [0.5, 0.6) is 0 Å². The molecule has 0 aromatic rings. The molecule has 2 aliphatic heterocycles. The largest absolute Gasteiger partial charge is 0.391 e. The molecule has 10 heteroatoms. The number of nitrogens with one attached hydrogen (secondary N) is 1.